The standard InChI is InChI=1S/C15H24N2O2/c1-3-8-15(16)11-17(12-15)9-10-19-14-7-5-4-6-13(14)18-2/h4-7H,3,8-12,16H2,1-2H3. The van der Waals surface area contributed by atoms with Gasteiger partial charge in [-0.3, -0.25) is 4.90 Å². The number of likely N-dealkylation sites (tertiary alicyclic amines) is 1. The molecule has 1 aliphatic rings. The van der Waals surface area contributed by atoms with E-state index in [2.05, 4.69) is 11.8 Å². The molecule has 0 bridgehead atoms. The van der Waals surface area contributed by atoms with E-state index in [1.807, 2.05) is 24.3 Å². The number of nitrogens with two attached hydrogens (primary N) is 1. The molecular formula is C15H24N2O2. The zero-order valence-electron chi connectivity index (χ0n) is 11.9. The van der Waals surface area contributed by atoms with Crippen LogP contribution in [0.1, 0.15) is 19.8 Å². The number of hydrogen-bond donors (Lipinski definition) is 1. The zero-order chi connectivity index (χ0) is 13.7. The van der Waals surface area contributed by atoms with E-state index in [9.17, 15) is 0 Å². The number of methoxy groups -OCH3 is 1. The molecule has 0 radical (unpaired) electrons. The minimum absolute atomic E-state index is 0.0409. The molecule has 0 spiro atoms. The summed E-state index contributed by atoms with van der Waals surface area (Å²) in [6, 6.07) is 7.73. The van der Waals surface area contributed by atoms with Gasteiger partial charge in [0.25, 0.3) is 0 Å². The predicted octanol–water partition coefficient (Wildman–Crippen LogP) is 1.89. The Morgan fingerprint density at radius 1 is 1.26 bits per heavy atom. The van der Waals surface area contributed by atoms with Crippen LogP contribution in [-0.4, -0.2) is 43.8 Å². The van der Waals surface area contributed by atoms with E-state index in [4.69, 9.17) is 15.2 Å². The number of para-hydroxylation sites is 2. The van der Waals surface area contributed by atoms with Crippen molar-refractivity contribution in [3.63, 3.8) is 0 Å². The van der Waals surface area contributed by atoms with Gasteiger partial charge in [0.15, 0.2) is 11.5 Å². The van der Waals surface area contributed by atoms with Crippen molar-refractivity contribution in [3.05, 3.63) is 24.3 Å². The van der Waals surface area contributed by atoms with Crippen LogP contribution in [0.2, 0.25) is 0 Å². The Balaban J connectivity index is 1.71. The van der Waals surface area contributed by atoms with Crippen molar-refractivity contribution in [1.29, 1.82) is 0 Å². The molecule has 1 heterocycles. The topological polar surface area (TPSA) is 47.7 Å². The Labute approximate surface area is 115 Å². The number of ether oxygens (including phenoxy) is 2. The average molecular weight is 264 g/mol. The Morgan fingerprint density at radius 3 is 2.58 bits per heavy atom. The highest BCUT2D eigenvalue weighted by Gasteiger charge is 2.37. The second kappa shape index (κ2) is 6.26. The lowest BCUT2D eigenvalue weighted by Crippen LogP contribution is -2.67. The molecule has 19 heavy (non-hydrogen) atoms. The summed E-state index contributed by atoms with van der Waals surface area (Å²) in [4.78, 5) is 2.34. The molecule has 1 saturated heterocycles. The summed E-state index contributed by atoms with van der Waals surface area (Å²) in [7, 11) is 1.66. The molecular weight excluding hydrogens is 240 g/mol. The summed E-state index contributed by atoms with van der Waals surface area (Å²) < 4.78 is 11.0. The molecule has 1 fully saturated rings. The van der Waals surface area contributed by atoms with Crippen molar-refractivity contribution in [2.45, 2.75) is 25.3 Å². The number of hydrogen-bond acceptors (Lipinski definition) is 4. The highest BCUT2D eigenvalue weighted by Crippen LogP contribution is 2.26. The van der Waals surface area contributed by atoms with E-state index in [1.54, 1.807) is 7.11 Å². The summed E-state index contributed by atoms with van der Waals surface area (Å²) >= 11 is 0. The molecule has 4 heteroatoms. The van der Waals surface area contributed by atoms with Crippen LogP contribution < -0.4 is 15.2 Å². The first-order valence-corrected chi connectivity index (χ1v) is 6.94. The molecule has 4 nitrogen and oxygen atoms in total. The molecule has 2 rings (SSSR count). The van der Waals surface area contributed by atoms with Gasteiger partial charge in [-0.1, -0.05) is 25.5 Å². The Kier molecular flexibility index (Phi) is 4.66. The fraction of sp³-hybridized carbons (Fsp3) is 0.600. The van der Waals surface area contributed by atoms with Gasteiger partial charge >= 0.3 is 0 Å². The Morgan fingerprint density at radius 2 is 1.95 bits per heavy atom. The molecule has 1 aromatic rings. The van der Waals surface area contributed by atoms with Gasteiger partial charge in [0.05, 0.1) is 7.11 Å². The smallest absolute Gasteiger partial charge is 0.161 e. The fourth-order valence-electron chi connectivity index (χ4n) is 2.68. The third-order valence-corrected chi connectivity index (χ3v) is 3.56. The second-order valence-corrected chi connectivity index (χ2v) is 5.32. The first kappa shape index (κ1) is 14.2. The summed E-state index contributed by atoms with van der Waals surface area (Å²) in [5.41, 5.74) is 6.27. The van der Waals surface area contributed by atoms with Crippen LogP contribution in [0, 0.1) is 0 Å². The molecule has 0 atom stereocenters. The van der Waals surface area contributed by atoms with Gasteiger partial charge in [0, 0.05) is 25.2 Å². The van der Waals surface area contributed by atoms with Gasteiger partial charge in [-0.05, 0) is 18.6 Å². The normalized spacial score (nSPS) is 17.8. The largest absolute Gasteiger partial charge is 0.493 e. The highest BCUT2D eigenvalue weighted by molar-refractivity contribution is 5.39. The minimum Gasteiger partial charge on any atom is -0.493 e. The highest BCUT2D eigenvalue weighted by atomic mass is 16.5. The van der Waals surface area contributed by atoms with Gasteiger partial charge in [-0.15, -0.1) is 0 Å². The lowest BCUT2D eigenvalue weighted by molar-refractivity contribution is 0.0511. The molecule has 0 amide bonds. The summed E-state index contributed by atoms with van der Waals surface area (Å²) in [5, 5.41) is 0. The second-order valence-electron chi connectivity index (χ2n) is 5.32. The van der Waals surface area contributed by atoms with Gasteiger partial charge in [0.1, 0.15) is 6.61 Å². The van der Waals surface area contributed by atoms with Gasteiger partial charge in [-0.25, -0.2) is 0 Å². The van der Waals surface area contributed by atoms with E-state index in [1.165, 1.54) is 0 Å². The first-order valence-electron chi connectivity index (χ1n) is 6.94. The van der Waals surface area contributed by atoms with Crippen LogP contribution in [-0.2, 0) is 0 Å². The molecule has 106 valence electrons. The summed E-state index contributed by atoms with van der Waals surface area (Å²) in [6.45, 7) is 5.73. The molecule has 1 aliphatic heterocycles. The van der Waals surface area contributed by atoms with Crippen LogP contribution in [0.5, 0.6) is 11.5 Å². The lowest BCUT2D eigenvalue weighted by atomic mass is 9.86. The van der Waals surface area contributed by atoms with E-state index >= 15 is 0 Å². The minimum atomic E-state index is 0.0409. The van der Waals surface area contributed by atoms with E-state index in [0.29, 0.717) is 6.61 Å². The van der Waals surface area contributed by atoms with Crippen LogP contribution in [0.4, 0.5) is 0 Å². The van der Waals surface area contributed by atoms with Gasteiger partial charge in [-0.2, -0.15) is 0 Å². The maximum atomic E-state index is 6.23. The van der Waals surface area contributed by atoms with Gasteiger partial charge in [0.2, 0.25) is 0 Å². The Hall–Kier alpha value is -1.26. The quantitative estimate of drug-likeness (QED) is 0.817. The number of benzene rings is 1. The third kappa shape index (κ3) is 3.61. The van der Waals surface area contributed by atoms with E-state index < -0.39 is 0 Å². The molecule has 1 aromatic carbocycles. The average Bonchev–Trinajstić information content (AvgIpc) is 2.37. The maximum absolute atomic E-state index is 6.23. The van der Waals surface area contributed by atoms with Crippen molar-refractivity contribution in [2.24, 2.45) is 5.73 Å². The van der Waals surface area contributed by atoms with Crippen molar-refractivity contribution in [2.75, 3.05) is 33.4 Å². The first-order chi connectivity index (χ1) is 9.17. The van der Waals surface area contributed by atoms with E-state index in [-0.39, 0.29) is 5.54 Å². The van der Waals surface area contributed by atoms with Crippen LogP contribution >= 0.6 is 0 Å². The van der Waals surface area contributed by atoms with Gasteiger partial charge < -0.3 is 15.2 Å². The summed E-state index contributed by atoms with van der Waals surface area (Å²) in [5.74, 6) is 1.59. The Bertz CT molecular complexity index is 403. The van der Waals surface area contributed by atoms with Crippen molar-refractivity contribution >= 4 is 0 Å². The van der Waals surface area contributed by atoms with Crippen LogP contribution in [0.25, 0.3) is 0 Å². The zero-order valence-corrected chi connectivity index (χ0v) is 11.9. The van der Waals surface area contributed by atoms with Crippen LogP contribution in [0.15, 0.2) is 24.3 Å². The van der Waals surface area contributed by atoms with Crippen molar-refractivity contribution < 1.29 is 9.47 Å². The van der Waals surface area contributed by atoms with Crippen molar-refractivity contribution in [1.82, 2.24) is 4.90 Å². The number of rotatable bonds is 7. The maximum Gasteiger partial charge on any atom is 0.161 e. The third-order valence-electron chi connectivity index (χ3n) is 3.56. The lowest BCUT2D eigenvalue weighted by Gasteiger charge is -2.47. The fourth-order valence-corrected chi connectivity index (χ4v) is 2.68. The molecule has 2 N–H and O–H groups in total. The monoisotopic (exact) mass is 264 g/mol. The molecule has 0 aromatic heterocycles. The predicted molar refractivity (Wildman–Crippen MR) is 76.8 cm³/mol. The van der Waals surface area contributed by atoms with E-state index in [0.717, 1.165) is 44.0 Å². The molecule has 0 unspecified atom stereocenters. The molecule has 0 aliphatic carbocycles. The number of nitrogens with zero attached hydrogens (tertiary/aromatic N) is 1. The molecule has 0 saturated carbocycles. The van der Waals surface area contributed by atoms with Crippen molar-refractivity contribution in [3.8, 4) is 11.5 Å². The SMILES string of the molecule is CCCC1(N)CN(CCOc2ccccc2OC)C1. The van der Waals surface area contributed by atoms with Crippen LogP contribution in [0.3, 0.4) is 0 Å². The summed E-state index contributed by atoms with van der Waals surface area (Å²) in [6.07, 6.45) is 2.26.